The maximum absolute atomic E-state index is 11.6. The summed E-state index contributed by atoms with van der Waals surface area (Å²) >= 11 is 6.30. The number of anilines is 1. The summed E-state index contributed by atoms with van der Waals surface area (Å²) in [6, 6.07) is 2.94. The van der Waals surface area contributed by atoms with Crippen LogP contribution in [0.15, 0.2) is 24.5 Å². The minimum absolute atomic E-state index is 0.204. The zero-order valence-electron chi connectivity index (χ0n) is 10.4. The van der Waals surface area contributed by atoms with Crippen LogP contribution in [0.1, 0.15) is 24.4 Å². The van der Waals surface area contributed by atoms with Crippen molar-refractivity contribution in [1.82, 2.24) is 9.55 Å². The molecule has 0 saturated carbocycles. The van der Waals surface area contributed by atoms with Gasteiger partial charge in [-0.1, -0.05) is 18.5 Å². The van der Waals surface area contributed by atoms with Crippen LogP contribution >= 0.6 is 11.6 Å². The molecule has 3 rings (SSSR count). The average Bonchev–Trinajstić information content (AvgIpc) is 2.96. The first-order valence-electron chi connectivity index (χ1n) is 6.04. The van der Waals surface area contributed by atoms with Crippen LogP contribution in [0.3, 0.4) is 0 Å². The molecular formula is C13H13ClN4O. The number of aryl methyl sites for hydroxylation is 1. The molecule has 2 heterocycles. The van der Waals surface area contributed by atoms with Crippen molar-refractivity contribution in [3.05, 3.63) is 40.9 Å². The maximum atomic E-state index is 11.6. The van der Waals surface area contributed by atoms with Crippen molar-refractivity contribution in [3.8, 4) is 5.69 Å². The third kappa shape index (κ3) is 1.82. The molecule has 1 aliphatic heterocycles. The molecule has 0 radical (unpaired) electrons. The van der Waals surface area contributed by atoms with E-state index in [1.54, 1.807) is 12.3 Å². The van der Waals surface area contributed by atoms with Crippen LogP contribution < -0.4 is 11.1 Å². The van der Waals surface area contributed by atoms with Crippen LogP contribution in [0.5, 0.6) is 0 Å². The number of rotatable bonds is 2. The highest BCUT2D eigenvalue weighted by Crippen LogP contribution is 2.35. The highest BCUT2D eigenvalue weighted by molar-refractivity contribution is 6.32. The number of hydrogen-bond donors (Lipinski definition) is 2. The maximum Gasteiger partial charge on any atom is 0.245 e. The number of benzene rings is 1. The van der Waals surface area contributed by atoms with Gasteiger partial charge in [0.2, 0.25) is 5.91 Å². The van der Waals surface area contributed by atoms with E-state index in [2.05, 4.69) is 10.3 Å². The fraction of sp³-hybridized carbons (Fsp3) is 0.231. The molecule has 0 bridgehead atoms. The molecule has 3 N–H and O–H groups in total. The Morgan fingerprint density at radius 1 is 1.53 bits per heavy atom. The summed E-state index contributed by atoms with van der Waals surface area (Å²) in [5.41, 5.74) is 8.04. The Bertz CT molecular complexity index is 665. The molecule has 0 aliphatic carbocycles. The highest BCUT2D eigenvalue weighted by Gasteiger charge is 2.28. The standard InChI is InChI=1S/C13H13ClN4O/c1-2-11-16-3-4-18(11)10-6-9-7(5-8(10)14)12(15)13(19)17-9/h3-6,12H,2,15H2,1H3,(H,17,19). The zero-order chi connectivity index (χ0) is 13.6. The number of hydrogen-bond acceptors (Lipinski definition) is 3. The minimum Gasteiger partial charge on any atom is -0.324 e. The van der Waals surface area contributed by atoms with E-state index in [-0.39, 0.29) is 5.91 Å². The van der Waals surface area contributed by atoms with E-state index in [1.165, 1.54) is 0 Å². The van der Waals surface area contributed by atoms with E-state index in [0.29, 0.717) is 10.7 Å². The van der Waals surface area contributed by atoms with Crippen LogP contribution in [0, 0.1) is 0 Å². The molecular weight excluding hydrogens is 264 g/mol. The Morgan fingerprint density at radius 2 is 2.32 bits per heavy atom. The molecule has 5 nitrogen and oxygen atoms in total. The van der Waals surface area contributed by atoms with Gasteiger partial charge in [0.25, 0.3) is 0 Å². The average molecular weight is 277 g/mol. The van der Waals surface area contributed by atoms with Gasteiger partial charge in [-0.25, -0.2) is 4.98 Å². The topological polar surface area (TPSA) is 72.9 Å². The molecule has 1 aliphatic rings. The lowest BCUT2D eigenvalue weighted by Gasteiger charge is -2.11. The molecule has 1 aromatic carbocycles. The first-order valence-corrected chi connectivity index (χ1v) is 6.42. The Kier molecular flexibility index (Phi) is 2.80. The molecule has 19 heavy (non-hydrogen) atoms. The van der Waals surface area contributed by atoms with E-state index in [9.17, 15) is 4.79 Å². The first kappa shape index (κ1) is 12.2. The number of nitrogens with two attached hydrogens (primary N) is 1. The van der Waals surface area contributed by atoms with Crippen LogP contribution in [-0.4, -0.2) is 15.5 Å². The number of halogens is 1. The first-order chi connectivity index (χ1) is 9.11. The Labute approximate surface area is 115 Å². The summed E-state index contributed by atoms with van der Waals surface area (Å²) in [7, 11) is 0. The Balaban J connectivity index is 2.15. The number of nitrogens with zero attached hydrogens (tertiary/aromatic N) is 2. The van der Waals surface area contributed by atoms with Crippen molar-refractivity contribution in [2.75, 3.05) is 5.32 Å². The van der Waals surface area contributed by atoms with Crippen molar-refractivity contribution in [2.45, 2.75) is 19.4 Å². The number of carbonyl (C=O) groups excluding carboxylic acids is 1. The van der Waals surface area contributed by atoms with Crippen LogP contribution in [0.25, 0.3) is 5.69 Å². The third-order valence-electron chi connectivity index (χ3n) is 3.29. The number of aromatic nitrogens is 2. The van der Waals surface area contributed by atoms with Gasteiger partial charge in [0.05, 0.1) is 10.7 Å². The predicted molar refractivity (Wildman–Crippen MR) is 73.5 cm³/mol. The molecule has 6 heteroatoms. The van der Waals surface area contributed by atoms with E-state index < -0.39 is 6.04 Å². The number of nitrogens with one attached hydrogen (secondary N) is 1. The summed E-state index contributed by atoms with van der Waals surface area (Å²) in [6.07, 6.45) is 4.38. The second-order valence-electron chi connectivity index (χ2n) is 4.42. The van der Waals surface area contributed by atoms with Gasteiger partial charge >= 0.3 is 0 Å². The smallest absolute Gasteiger partial charge is 0.245 e. The summed E-state index contributed by atoms with van der Waals surface area (Å²) in [6.45, 7) is 2.03. The van der Waals surface area contributed by atoms with Crippen LogP contribution in [0.2, 0.25) is 5.02 Å². The Hall–Kier alpha value is -1.85. The summed E-state index contributed by atoms with van der Waals surface area (Å²) in [5.74, 6) is 0.708. The van der Waals surface area contributed by atoms with Gasteiger partial charge in [-0.15, -0.1) is 0 Å². The molecule has 1 amide bonds. The second kappa shape index (κ2) is 4.36. The van der Waals surface area contributed by atoms with Crippen LogP contribution in [0.4, 0.5) is 5.69 Å². The highest BCUT2D eigenvalue weighted by atomic mass is 35.5. The van der Waals surface area contributed by atoms with Crippen molar-refractivity contribution in [3.63, 3.8) is 0 Å². The number of imidazole rings is 1. The monoisotopic (exact) mass is 276 g/mol. The van der Waals surface area contributed by atoms with Gasteiger partial charge in [-0.3, -0.25) is 4.79 Å². The molecule has 0 fully saturated rings. The quantitative estimate of drug-likeness (QED) is 0.882. The van der Waals surface area contributed by atoms with Crippen molar-refractivity contribution >= 4 is 23.2 Å². The fourth-order valence-electron chi connectivity index (χ4n) is 2.29. The molecule has 1 unspecified atom stereocenters. The molecule has 98 valence electrons. The summed E-state index contributed by atoms with van der Waals surface area (Å²) in [5, 5.41) is 3.31. The van der Waals surface area contributed by atoms with E-state index in [1.807, 2.05) is 23.8 Å². The number of amides is 1. The van der Waals surface area contributed by atoms with Gasteiger partial charge in [-0.2, -0.15) is 0 Å². The lowest BCUT2D eigenvalue weighted by molar-refractivity contribution is -0.116. The predicted octanol–water partition coefficient (Wildman–Crippen LogP) is 2.04. The van der Waals surface area contributed by atoms with Gasteiger partial charge in [-0.05, 0) is 12.1 Å². The van der Waals surface area contributed by atoms with Crippen molar-refractivity contribution in [1.29, 1.82) is 0 Å². The minimum atomic E-state index is -0.644. The van der Waals surface area contributed by atoms with Gasteiger partial charge in [0.1, 0.15) is 11.9 Å². The van der Waals surface area contributed by atoms with E-state index in [0.717, 1.165) is 23.5 Å². The normalized spacial score (nSPS) is 17.4. The summed E-state index contributed by atoms with van der Waals surface area (Å²) in [4.78, 5) is 15.8. The fourth-order valence-corrected chi connectivity index (χ4v) is 2.56. The SMILES string of the molecule is CCc1nccn1-c1cc2c(cc1Cl)C(N)C(=O)N2. The lowest BCUT2D eigenvalue weighted by atomic mass is 10.1. The Morgan fingerprint density at radius 3 is 3.05 bits per heavy atom. The molecule has 2 aromatic rings. The van der Waals surface area contributed by atoms with Gasteiger partial charge in [0.15, 0.2) is 0 Å². The van der Waals surface area contributed by atoms with Crippen molar-refractivity contribution in [2.24, 2.45) is 5.73 Å². The van der Waals surface area contributed by atoms with E-state index in [4.69, 9.17) is 17.3 Å². The largest absolute Gasteiger partial charge is 0.324 e. The third-order valence-corrected chi connectivity index (χ3v) is 3.59. The molecule has 0 saturated heterocycles. The molecule has 1 atom stereocenters. The number of fused-ring (bicyclic) bond motifs is 1. The van der Waals surface area contributed by atoms with Gasteiger partial charge < -0.3 is 15.6 Å². The molecule has 0 spiro atoms. The zero-order valence-corrected chi connectivity index (χ0v) is 11.1. The number of carbonyl (C=O) groups is 1. The van der Waals surface area contributed by atoms with Crippen LogP contribution in [-0.2, 0) is 11.2 Å². The second-order valence-corrected chi connectivity index (χ2v) is 4.83. The molecule has 1 aromatic heterocycles. The van der Waals surface area contributed by atoms with Gasteiger partial charge in [0, 0.05) is 30.1 Å². The summed E-state index contributed by atoms with van der Waals surface area (Å²) < 4.78 is 1.92. The van der Waals surface area contributed by atoms with E-state index >= 15 is 0 Å². The lowest BCUT2D eigenvalue weighted by Crippen LogP contribution is -2.19. The van der Waals surface area contributed by atoms with Crippen molar-refractivity contribution < 1.29 is 4.79 Å².